The van der Waals surface area contributed by atoms with E-state index < -0.39 is 42.2 Å². The molecule has 1 fully saturated rings. The van der Waals surface area contributed by atoms with Crippen molar-refractivity contribution in [1.29, 1.82) is 0 Å². The lowest BCUT2D eigenvalue weighted by Gasteiger charge is -2.47. The highest BCUT2D eigenvalue weighted by Crippen LogP contribution is 2.28. The number of morpholine rings is 1. The molecule has 0 saturated carbocycles. The van der Waals surface area contributed by atoms with Gasteiger partial charge in [0.05, 0.1) is 31.4 Å². The number of benzene rings is 1. The second kappa shape index (κ2) is 10.4. The van der Waals surface area contributed by atoms with Crippen molar-refractivity contribution in [3.63, 3.8) is 0 Å². The van der Waals surface area contributed by atoms with E-state index in [4.69, 9.17) is 19.9 Å². The monoisotopic (exact) mass is 452 g/mol. The normalized spacial score (nSPS) is 24.2. The standard InChI is InChI=1S/C24H40N2O6/c1-15-21(31-14-23(2,3)4)30-13-19(26(15)22(29)32-24(5,6)7)20(28)18(25)12-16-9-8-10-17(27)11-16/h8-11,15,18-21,27-28H,12-14,25H2,1-7H3. The minimum atomic E-state index is -1.07. The van der Waals surface area contributed by atoms with Gasteiger partial charge in [-0.3, -0.25) is 4.90 Å². The van der Waals surface area contributed by atoms with Crippen LogP contribution in [0, 0.1) is 5.41 Å². The molecule has 1 aromatic carbocycles. The Labute approximate surface area is 191 Å². The van der Waals surface area contributed by atoms with Gasteiger partial charge in [0.2, 0.25) is 0 Å². The second-order valence-corrected chi connectivity index (χ2v) is 10.8. The first-order valence-electron chi connectivity index (χ1n) is 11.1. The number of carbonyl (C=O) groups excluding carboxylic acids is 1. The topological polar surface area (TPSA) is 114 Å². The van der Waals surface area contributed by atoms with Crippen LogP contribution in [0.1, 0.15) is 54.0 Å². The van der Waals surface area contributed by atoms with Crippen LogP contribution in [0.3, 0.4) is 0 Å². The molecule has 32 heavy (non-hydrogen) atoms. The molecule has 0 aromatic heterocycles. The molecule has 4 N–H and O–H groups in total. The molecule has 1 amide bonds. The Kier molecular flexibility index (Phi) is 8.56. The molecule has 1 aliphatic heterocycles. The number of rotatable bonds is 6. The van der Waals surface area contributed by atoms with Crippen molar-refractivity contribution in [1.82, 2.24) is 4.90 Å². The van der Waals surface area contributed by atoms with E-state index in [0.717, 1.165) is 5.56 Å². The van der Waals surface area contributed by atoms with Gasteiger partial charge in [-0.05, 0) is 57.2 Å². The van der Waals surface area contributed by atoms with Crippen LogP contribution >= 0.6 is 0 Å². The van der Waals surface area contributed by atoms with E-state index in [2.05, 4.69) is 20.8 Å². The van der Waals surface area contributed by atoms with Gasteiger partial charge in [0.1, 0.15) is 11.4 Å². The molecule has 8 nitrogen and oxygen atoms in total. The first-order valence-corrected chi connectivity index (χ1v) is 11.1. The lowest BCUT2D eigenvalue weighted by atomic mass is 9.94. The lowest BCUT2D eigenvalue weighted by Crippen LogP contribution is -2.65. The van der Waals surface area contributed by atoms with Gasteiger partial charge in [-0.2, -0.15) is 0 Å². The fraction of sp³-hybridized carbons (Fsp3) is 0.708. The van der Waals surface area contributed by atoms with Gasteiger partial charge in [-0.15, -0.1) is 0 Å². The summed E-state index contributed by atoms with van der Waals surface area (Å²) in [5, 5.41) is 20.8. The summed E-state index contributed by atoms with van der Waals surface area (Å²) < 4.78 is 17.5. The number of aromatic hydroxyl groups is 1. The third-order valence-electron chi connectivity index (χ3n) is 5.12. The van der Waals surface area contributed by atoms with Crippen LogP contribution in [-0.2, 0) is 20.6 Å². The number of phenolic OH excluding ortho intramolecular Hbond substituents is 1. The molecular formula is C24H40N2O6. The predicted octanol–water partition coefficient (Wildman–Crippen LogP) is 3.04. The average Bonchev–Trinajstić information content (AvgIpc) is 2.64. The van der Waals surface area contributed by atoms with Gasteiger partial charge in [-0.1, -0.05) is 32.9 Å². The van der Waals surface area contributed by atoms with Crippen molar-refractivity contribution >= 4 is 6.09 Å². The summed E-state index contributed by atoms with van der Waals surface area (Å²) in [5.41, 5.74) is 6.34. The first kappa shape index (κ1) is 26.4. The molecule has 0 spiro atoms. The van der Waals surface area contributed by atoms with Gasteiger partial charge < -0.3 is 30.2 Å². The van der Waals surface area contributed by atoms with E-state index in [1.165, 1.54) is 4.90 Å². The molecular weight excluding hydrogens is 412 g/mol. The lowest BCUT2D eigenvalue weighted by molar-refractivity contribution is -0.233. The van der Waals surface area contributed by atoms with Crippen LogP contribution in [0.5, 0.6) is 5.75 Å². The third-order valence-corrected chi connectivity index (χ3v) is 5.12. The van der Waals surface area contributed by atoms with Gasteiger partial charge in [0, 0.05) is 6.04 Å². The largest absolute Gasteiger partial charge is 0.508 e. The quantitative estimate of drug-likeness (QED) is 0.608. The van der Waals surface area contributed by atoms with E-state index in [0.29, 0.717) is 13.0 Å². The maximum Gasteiger partial charge on any atom is 0.411 e. The molecule has 0 bridgehead atoms. The minimum Gasteiger partial charge on any atom is -0.508 e. The molecule has 1 heterocycles. The van der Waals surface area contributed by atoms with E-state index >= 15 is 0 Å². The van der Waals surface area contributed by atoms with Crippen LogP contribution in [0.4, 0.5) is 4.79 Å². The van der Waals surface area contributed by atoms with Crippen molar-refractivity contribution in [2.24, 2.45) is 11.1 Å². The molecule has 1 aliphatic rings. The molecule has 5 atom stereocenters. The van der Waals surface area contributed by atoms with Crippen LogP contribution in [0.25, 0.3) is 0 Å². The van der Waals surface area contributed by atoms with Gasteiger partial charge >= 0.3 is 6.09 Å². The Morgan fingerprint density at radius 3 is 2.50 bits per heavy atom. The predicted molar refractivity (Wildman–Crippen MR) is 122 cm³/mol. The van der Waals surface area contributed by atoms with Crippen LogP contribution in [-0.4, -0.2) is 70.5 Å². The number of aliphatic hydroxyl groups excluding tert-OH is 1. The first-order chi connectivity index (χ1) is 14.7. The van der Waals surface area contributed by atoms with E-state index in [1.807, 2.05) is 13.0 Å². The Morgan fingerprint density at radius 1 is 1.28 bits per heavy atom. The Hall–Kier alpha value is -1.87. The maximum atomic E-state index is 13.1. The molecule has 182 valence electrons. The molecule has 1 saturated heterocycles. The van der Waals surface area contributed by atoms with Crippen molar-refractivity contribution < 1.29 is 29.2 Å². The summed E-state index contributed by atoms with van der Waals surface area (Å²) in [6.07, 6.45) is -1.94. The number of phenols is 1. The van der Waals surface area contributed by atoms with E-state index in [9.17, 15) is 15.0 Å². The Morgan fingerprint density at radius 2 is 1.94 bits per heavy atom. The zero-order valence-electron chi connectivity index (χ0n) is 20.4. The summed E-state index contributed by atoms with van der Waals surface area (Å²) in [7, 11) is 0. The number of nitrogens with zero attached hydrogens (tertiary/aromatic N) is 1. The summed E-state index contributed by atoms with van der Waals surface area (Å²) >= 11 is 0. The molecule has 1 aromatic rings. The van der Waals surface area contributed by atoms with E-state index in [-0.39, 0.29) is 17.8 Å². The number of hydrogen-bond donors (Lipinski definition) is 3. The second-order valence-electron chi connectivity index (χ2n) is 10.8. The van der Waals surface area contributed by atoms with Crippen LogP contribution in [0.15, 0.2) is 24.3 Å². The minimum absolute atomic E-state index is 0.0628. The fourth-order valence-electron chi connectivity index (χ4n) is 3.61. The van der Waals surface area contributed by atoms with Crippen molar-refractivity contribution in [3.05, 3.63) is 29.8 Å². The zero-order valence-corrected chi connectivity index (χ0v) is 20.4. The molecule has 5 unspecified atom stereocenters. The van der Waals surface area contributed by atoms with Crippen LogP contribution in [0.2, 0.25) is 0 Å². The number of nitrogens with two attached hydrogens (primary N) is 1. The highest BCUT2D eigenvalue weighted by molar-refractivity contribution is 5.69. The summed E-state index contributed by atoms with van der Waals surface area (Å²) in [4.78, 5) is 14.6. The van der Waals surface area contributed by atoms with Crippen molar-refractivity contribution in [2.45, 2.75) is 91.0 Å². The Balaban J connectivity index is 2.21. The van der Waals surface area contributed by atoms with Gasteiger partial charge in [0.15, 0.2) is 6.29 Å². The van der Waals surface area contributed by atoms with Gasteiger partial charge in [0.25, 0.3) is 0 Å². The molecule has 0 radical (unpaired) electrons. The number of hydrogen-bond acceptors (Lipinski definition) is 7. The van der Waals surface area contributed by atoms with Crippen LogP contribution < -0.4 is 5.73 Å². The zero-order chi connectivity index (χ0) is 24.3. The molecule has 8 heteroatoms. The molecule has 2 rings (SSSR count). The number of amides is 1. The number of ether oxygens (including phenoxy) is 3. The smallest absolute Gasteiger partial charge is 0.411 e. The van der Waals surface area contributed by atoms with Crippen molar-refractivity contribution in [3.8, 4) is 5.75 Å². The van der Waals surface area contributed by atoms with E-state index in [1.54, 1.807) is 39.0 Å². The number of carbonyl (C=O) groups is 1. The van der Waals surface area contributed by atoms with Gasteiger partial charge in [-0.25, -0.2) is 4.79 Å². The average molecular weight is 453 g/mol. The summed E-state index contributed by atoms with van der Waals surface area (Å²) in [6.45, 7) is 13.9. The van der Waals surface area contributed by atoms with Crippen molar-refractivity contribution in [2.75, 3.05) is 13.2 Å². The highest BCUT2D eigenvalue weighted by atomic mass is 16.7. The highest BCUT2D eigenvalue weighted by Gasteiger charge is 2.45. The SMILES string of the molecule is CC1C(OCC(C)(C)C)OCC(C(O)C(N)Cc2cccc(O)c2)N1C(=O)OC(C)(C)C. The Bertz CT molecular complexity index is 758. The molecule has 0 aliphatic carbocycles. The summed E-state index contributed by atoms with van der Waals surface area (Å²) in [6, 6.07) is 4.84. The fourth-order valence-corrected chi connectivity index (χ4v) is 3.61. The number of aliphatic hydroxyl groups is 1. The third kappa shape index (κ3) is 7.62. The summed E-state index contributed by atoms with van der Waals surface area (Å²) in [5.74, 6) is 0.132. The maximum absolute atomic E-state index is 13.1.